The maximum Gasteiger partial charge on any atom is 0.394 e. The zero-order valence-corrected chi connectivity index (χ0v) is 12.9. The summed E-state index contributed by atoms with van der Waals surface area (Å²) in [6.45, 7) is 0. The number of amides is 2. The van der Waals surface area contributed by atoms with Gasteiger partial charge in [-0.3, -0.25) is 24.6 Å². The minimum atomic E-state index is -4.47. The first kappa shape index (κ1) is 19.8. The van der Waals surface area contributed by atoms with Gasteiger partial charge in [-0.2, -0.15) is 18.3 Å². The van der Waals surface area contributed by atoms with Gasteiger partial charge < -0.3 is 5.84 Å². The van der Waals surface area contributed by atoms with Gasteiger partial charge in [0.05, 0.1) is 17.1 Å². The molecule has 0 aromatic heterocycles. The second-order valence-corrected chi connectivity index (χ2v) is 4.74. The van der Waals surface area contributed by atoms with E-state index in [2.05, 4.69) is 5.10 Å². The van der Waals surface area contributed by atoms with Crippen molar-refractivity contribution in [3.05, 3.63) is 52.1 Å². The summed E-state index contributed by atoms with van der Waals surface area (Å²) in [7, 11) is 1.45. The molecule has 134 valence electrons. The van der Waals surface area contributed by atoms with Gasteiger partial charge in [0.25, 0.3) is 17.5 Å². The molecule has 1 aliphatic rings. The number of imide groups is 1. The average Bonchev–Trinajstić information content (AvgIpc) is 2.83. The van der Waals surface area contributed by atoms with E-state index in [1.165, 1.54) is 37.4 Å². The monoisotopic (exact) mass is 358 g/mol. The molecule has 1 aromatic carbocycles. The summed E-state index contributed by atoms with van der Waals surface area (Å²) in [6, 6.07) is 4.72. The number of nitrogens with two attached hydrogens (primary N) is 1. The van der Waals surface area contributed by atoms with E-state index in [1.807, 2.05) is 0 Å². The molecule has 2 amide bonds. The van der Waals surface area contributed by atoms with Gasteiger partial charge in [0, 0.05) is 36.9 Å². The molecule has 0 bridgehead atoms. The number of nitrogens with zero attached hydrogens (tertiary/aromatic N) is 3. The summed E-state index contributed by atoms with van der Waals surface area (Å²) in [5.74, 6) is 4.37. The molecule has 0 saturated carbocycles. The molecule has 1 aliphatic heterocycles. The Morgan fingerprint density at radius 2 is 1.84 bits per heavy atom. The molecule has 25 heavy (non-hydrogen) atoms. The second kappa shape index (κ2) is 8.04. The molecule has 11 heteroatoms. The van der Waals surface area contributed by atoms with Crippen molar-refractivity contribution in [3.8, 4) is 0 Å². The van der Waals surface area contributed by atoms with Gasteiger partial charge in [0.2, 0.25) is 0 Å². The molecule has 0 unspecified atom stereocenters. The van der Waals surface area contributed by atoms with Gasteiger partial charge in [0.15, 0.2) is 0 Å². The van der Waals surface area contributed by atoms with Crippen LogP contribution in [0.4, 0.5) is 18.9 Å². The molecule has 0 spiro atoms. The van der Waals surface area contributed by atoms with Crippen molar-refractivity contribution >= 4 is 23.2 Å². The van der Waals surface area contributed by atoms with Crippen LogP contribution in [0.3, 0.4) is 0 Å². The number of hydrogen-bond donors (Lipinski definition) is 1. The Bertz CT molecular complexity index is 726. The summed E-state index contributed by atoms with van der Waals surface area (Å²) in [5.41, 5.74) is -0.772. The van der Waals surface area contributed by atoms with Crippen LogP contribution in [0.15, 0.2) is 41.5 Å². The Hall–Kier alpha value is -3.24. The van der Waals surface area contributed by atoms with E-state index in [0.29, 0.717) is 0 Å². The predicted molar refractivity (Wildman–Crippen MR) is 81.4 cm³/mol. The van der Waals surface area contributed by atoms with Crippen LogP contribution >= 0.6 is 0 Å². The summed E-state index contributed by atoms with van der Waals surface area (Å²) >= 11 is 0. The predicted octanol–water partition coefficient (Wildman–Crippen LogP) is 1.75. The Balaban J connectivity index is 0.000000324. The molecule has 0 aliphatic carbocycles. The quantitative estimate of drug-likeness (QED) is 0.290. The van der Waals surface area contributed by atoms with Crippen LogP contribution < -0.4 is 5.84 Å². The molecular formula is C14H13F3N4O4. The summed E-state index contributed by atoms with van der Waals surface area (Å²) in [6.07, 6.45) is -3.29. The Kier molecular flexibility index (Phi) is 6.37. The number of hydrogen-bond acceptors (Lipinski definition) is 6. The van der Waals surface area contributed by atoms with Crippen molar-refractivity contribution in [2.24, 2.45) is 10.9 Å². The fraction of sp³-hybridized carbons (Fsp3) is 0.214. The largest absolute Gasteiger partial charge is 0.394 e. The van der Waals surface area contributed by atoms with Gasteiger partial charge in [-0.1, -0.05) is 12.1 Å². The smallest absolute Gasteiger partial charge is 0.323 e. The molecular weight excluding hydrogens is 345 g/mol. The normalized spacial score (nSPS) is 14.4. The minimum absolute atomic E-state index is 0.0148. The summed E-state index contributed by atoms with van der Waals surface area (Å²) < 4.78 is 36.5. The van der Waals surface area contributed by atoms with E-state index in [9.17, 15) is 32.9 Å². The first-order valence-electron chi connectivity index (χ1n) is 6.63. The highest BCUT2D eigenvalue weighted by molar-refractivity contribution is 6.12. The molecule has 2 N–H and O–H groups in total. The molecule has 1 heterocycles. The molecule has 0 radical (unpaired) electrons. The lowest BCUT2D eigenvalue weighted by molar-refractivity contribution is -0.384. The third-order valence-electron chi connectivity index (χ3n) is 2.94. The molecule has 0 atom stereocenters. The lowest BCUT2D eigenvalue weighted by atomic mass is 10.1. The highest BCUT2D eigenvalue weighted by Crippen LogP contribution is 2.24. The number of alkyl halides is 3. The van der Waals surface area contributed by atoms with Gasteiger partial charge in [-0.25, -0.2) is 0 Å². The van der Waals surface area contributed by atoms with Crippen LogP contribution in [-0.2, 0) is 9.59 Å². The minimum Gasteiger partial charge on any atom is -0.323 e. The number of halogens is 3. The van der Waals surface area contributed by atoms with Crippen LogP contribution in [0.25, 0.3) is 0 Å². The second-order valence-electron chi connectivity index (χ2n) is 4.74. The number of carbonyl (C=O) groups is 2. The van der Waals surface area contributed by atoms with Crippen molar-refractivity contribution < 1.29 is 27.7 Å². The van der Waals surface area contributed by atoms with Crippen LogP contribution in [0.1, 0.15) is 12.0 Å². The van der Waals surface area contributed by atoms with E-state index in [1.54, 1.807) is 0 Å². The Morgan fingerprint density at radius 3 is 2.20 bits per heavy atom. The maximum absolute atomic E-state index is 12.2. The van der Waals surface area contributed by atoms with Crippen molar-refractivity contribution in [2.45, 2.75) is 12.6 Å². The highest BCUT2D eigenvalue weighted by atomic mass is 19.4. The van der Waals surface area contributed by atoms with Crippen LogP contribution in [-0.4, -0.2) is 40.6 Å². The van der Waals surface area contributed by atoms with Gasteiger partial charge in [-0.15, -0.1) is 0 Å². The van der Waals surface area contributed by atoms with E-state index in [4.69, 9.17) is 5.84 Å². The zero-order chi connectivity index (χ0) is 19.2. The SMILES string of the molecule is CN1C(=O)C=CC1=O.N/N=C(/CC(F)(F)F)c1cccc([N+](=O)[O-])c1. The number of rotatable bonds is 3. The third kappa shape index (κ3) is 6.05. The fourth-order valence-electron chi connectivity index (χ4n) is 1.69. The average molecular weight is 358 g/mol. The lowest BCUT2D eigenvalue weighted by Crippen LogP contribution is -2.24. The number of non-ortho nitro benzene ring substituents is 1. The van der Waals surface area contributed by atoms with Crippen LogP contribution in [0.2, 0.25) is 0 Å². The Labute approximate surface area is 139 Å². The van der Waals surface area contributed by atoms with Crippen molar-refractivity contribution in [2.75, 3.05) is 7.05 Å². The first-order chi connectivity index (χ1) is 11.5. The zero-order valence-electron chi connectivity index (χ0n) is 12.9. The number of benzene rings is 1. The number of nitro groups is 1. The topological polar surface area (TPSA) is 119 Å². The molecule has 0 saturated heterocycles. The molecule has 2 rings (SSSR count). The molecule has 0 fully saturated rings. The molecule has 8 nitrogen and oxygen atoms in total. The van der Waals surface area contributed by atoms with Gasteiger partial charge >= 0.3 is 6.18 Å². The van der Waals surface area contributed by atoms with E-state index in [-0.39, 0.29) is 23.1 Å². The van der Waals surface area contributed by atoms with Crippen molar-refractivity contribution in [1.29, 1.82) is 0 Å². The number of nitro benzene ring substituents is 1. The van der Waals surface area contributed by atoms with E-state index < -0.39 is 23.2 Å². The fourth-order valence-corrected chi connectivity index (χ4v) is 1.69. The highest BCUT2D eigenvalue weighted by Gasteiger charge is 2.30. The number of carbonyl (C=O) groups excluding carboxylic acids is 2. The number of hydrazone groups is 1. The van der Waals surface area contributed by atoms with Crippen LogP contribution in [0.5, 0.6) is 0 Å². The summed E-state index contributed by atoms with van der Waals surface area (Å²) in [4.78, 5) is 31.6. The van der Waals surface area contributed by atoms with Gasteiger partial charge in [0.1, 0.15) is 0 Å². The first-order valence-corrected chi connectivity index (χ1v) is 6.63. The van der Waals surface area contributed by atoms with Crippen molar-refractivity contribution in [3.63, 3.8) is 0 Å². The van der Waals surface area contributed by atoms with E-state index in [0.717, 1.165) is 11.0 Å². The number of likely N-dealkylation sites (N-methyl/N-ethyl adjacent to an activating group) is 1. The third-order valence-corrected chi connectivity index (χ3v) is 2.94. The van der Waals surface area contributed by atoms with E-state index >= 15 is 0 Å². The Morgan fingerprint density at radius 1 is 1.28 bits per heavy atom. The maximum atomic E-state index is 12.2. The lowest BCUT2D eigenvalue weighted by Gasteiger charge is -2.08. The van der Waals surface area contributed by atoms with Crippen LogP contribution in [0, 0.1) is 10.1 Å². The van der Waals surface area contributed by atoms with Crippen molar-refractivity contribution in [1.82, 2.24) is 4.90 Å². The standard InChI is InChI=1S/C9H8F3N3O2.C5H5NO2/c10-9(11,12)5-8(14-13)6-2-1-3-7(4-6)15(16)17;1-6-4(7)2-3-5(6)8/h1-4H,5,13H2;2-3H,1H3/b14-8-;. The molecule has 1 aromatic rings. The summed E-state index contributed by atoms with van der Waals surface area (Å²) in [5, 5.41) is 13.5. The van der Waals surface area contributed by atoms with Gasteiger partial charge in [-0.05, 0) is 0 Å².